The lowest BCUT2D eigenvalue weighted by atomic mass is 10.0. The Labute approximate surface area is 159 Å². The minimum absolute atomic E-state index is 0.297. The Morgan fingerprint density at radius 3 is 2.15 bits per heavy atom. The Hall–Kier alpha value is -1.44. The summed E-state index contributed by atoms with van der Waals surface area (Å²) in [5.41, 5.74) is -0.425. The maximum atomic E-state index is 12.8. The highest BCUT2D eigenvalue weighted by molar-refractivity contribution is 9.10. The van der Waals surface area contributed by atoms with Crippen molar-refractivity contribution in [1.29, 1.82) is 0 Å². The molecule has 2 heterocycles. The highest BCUT2D eigenvalue weighted by Crippen LogP contribution is 2.39. The van der Waals surface area contributed by atoms with Crippen molar-refractivity contribution in [2.24, 2.45) is 11.8 Å². The number of amides is 1. The summed E-state index contributed by atoms with van der Waals surface area (Å²) >= 11 is 3.27. The van der Waals surface area contributed by atoms with E-state index >= 15 is 0 Å². The fraction of sp³-hybridized carbons (Fsp3) is 0.611. The van der Waals surface area contributed by atoms with E-state index in [0.29, 0.717) is 42.5 Å². The first-order valence-electron chi connectivity index (χ1n) is 8.53. The zero-order chi connectivity index (χ0) is 19.3. The first-order chi connectivity index (χ1) is 11.9. The molecule has 8 heteroatoms. The molecular formula is C18H22BrF3N2O2. The van der Waals surface area contributed by atoms with Crippen LogP contribution in [-0.2, 0) is 10.9 Å². The molecule has 0 bridgehead atoms. The third-order valence-electron chi connectivity index (χ3n) is 4.75. The molecule has 0 aromatic heterocycles. The zero-order valence-electron chi connectivity index (χ0n) is 14.9. The third-order valence-corrected chi connectivity index (χ3v) is 5.39. The van der Waals surface area contributed by atoms with Crippen molar-refractivity contribution in [3.63, 3.8) is 0 Å². The standard InChI is InChI=1S/C18H22BrF3N2O2/c1-17(2,3)26-16(25)24-9-11-7-23(8-12(11)10-24)15-5-4-13(6-14(15)19)18(20,21)22/h4-6,11-12H,7-10H2,1-3H3/t11-,12?/m0/s1. The number of anilines is 1. The van der Waals surface area contributed by atoms with Crippen LogP contribution in [0.5, 0.6) is 0 Å². The smallest absolute Gasteiger partial charge is 0.416 e. The van der Waals surface area contributed by atoms with E-state index in [-0.39, 0.29) is 6.09 Å². The van der Waals surface area contributed by atoms with E-state index in [1.165, 1.54) is 6.07 Å². The van der Waals surface area contributed by atoms with Crippen LogP contribution in [0, 0.1) is 11.8 Å². The van der Waals surface area contributed by atoms with Gasteiger partial charge in [0, 0.05) is 42.5 Å². The first-order valence-corrected chi connectivity index (χ1v) is 9.33. The molecule has 2 aliphatic rings. The number of nitrogens with zero attached hydrogens (tertiary/aromatic N) is 2. The molecule has 1 aromatic rings. The fourth-order valence-corrected chi connectivity index (χ4v) is 4.23. The van der Waals surface area contributed by atoms with Crippen LogP contribution >= 0.6 is 15.9 Å². The molecule has 26 heavy (non-hydrogen) atoms. The summed E-state index contributed by atoms with van der Waals surface area (Å²) in [5, 5.41) is 0. The van der Waals surface area contributed by atoms with Gasteiger partial charge in [-0.15, -0.1) is 0 Å². The molecule has 1 unspecified atom stereocenters. The Balaban J connectivity index is 1.64. The Morgan fingerprint density at radius 2 is 1.69 bits per heavy atom. The molecule has 0 saturated carbocycles. The van der Waals surface area contributed by atoms with Gasteiger partial charge in [0.2, 0.25) is 0 Å². The molecule has 0 aliphatic carbocycles. The minimum Gasteiger partial charge on any atom is -0.444 e. The average Bonchev–Trinajstić information content (AvgIpc) is 3.02. The van der Waals surface area contributed by atoms with E-state index in [0.717, 1.165) is 17.8 Å². The van der Waals surface area contributed by atoms with Crippen LogP contribution in [0.15, 0.2) is 22.7 Å². The van der Waals surface area contributed by atoms with Crippen molar-refractivity contribution in [2.45, 2.75) is 32.5 Å². The molecule has 0 radical (unpaired) electrons. The lowest BCUT2D eigenvalue weighted by Gasteiger charge is -2.27. The fourth-order valence-electron chi connectivity index (χ4n) is 3.61. The summed E-state index contributed by atoms with van der Waals surface area (Å²) in [7, 11) is 0. The van der Waals surface area contributed by atoms with Crippen LogP contribution in [0.2, 0.25) is 0 Å². The second-order valence-electron chi connectivity index (χ2n) is 7.97. The number of hydrogen-bond acceptors (Lipinski definition) is 3. The van der Waals surface area contributed by atoms with E-state index in [1.54, 1.807) is 4.90 Å². The molecule has 2 atom stereocenters. The van der Waals surface area contributed by atoms with Crippen molar-refractivity contribution in [3.05, 3.63) is 28.2 Å². The van der Waals surface area contributed by atoms with Gasteiger partial charge in [-0.3, -0.25) is 0 Å². The summed E-state index contributed by atoms with van der Waals surface area (Å²) in [6.07, 6.45) is -4.65. The zero-order valence-corrected chi connectivity index (χ0v) is 16.5. The maximum Gasteiger partial charge on any atom is 0.416 e. The van der Waals surface area contributed by atoms with E-state index in [1.807, 2.05) is 20.8 Å². The second-order valence-corrected chi connectivity index (χ2v) is 8.83. The number of carbonyl (C=O) groups is 1. The number of ether oxygens (including phenoxy) is 1. The summed E-state index contributed by atoms with van der Waals surface area (Å²) in [4.78, 5) is 16.0. The Morgan fingerprint density at radius 1 is 1.12 bits per heavy atom. The molecular weight excluding hydrogens is 413 g/mol. The summed E-state index contributed by atoms with van der Waals surface area (Å²) in [6, 6.07) is 3.75. The molecule has 2 fully saturated rings. The Bertz CT molecular complexity index is 689. The van der Waals surface area contributed by atoms with E-state index in [9.17, 15) is 18.0 Å². The number of carbonyl (C=O) groups excluding carboxylic acids is 1. The molecule has 0 spiro atoms. The average molecular weight is 435 g/mol. The van der Waals surface area contributed by atoms with Crippen molar-refractivity contribution in [2.75, 3.05) is 31.1 Å². The van der Waals surface area contributed by atoms with E-state index in [2.05, 4.69) is 20.8 Å². The van der Waals surface area contributed by atoms with Crippen molar-refractivity contribution >= 4 is 27.7 Å². The van der Waals surface area contributed by atoms with Crippen LogP contribution in [0.25, 0.3) is 0 Å². The highest BCUT2D eigenvalue weighted by Gasteiger charge is 2.43. The number of hydrogen-bond donors (Lipinski definition) is 0. The van der Waals surface area contributed by atoms with Gasteiger partial charge in [-0.25, -0.2) is 4.79 Å². The molecule has 2 aliphatic heterocycles. The number of fused-ring (bicyclic) bond motifs is 1. The topological polar surface area (TPSA) is 32.8 Å². The summed E-state index contributed by atoms with van der Waals surface area (Å²) in [6.45, 7) is 8.19. The quantitative estimate of drug-likeness (QED) is 0.637. The molecule has 0 N–H and O–H groups in total. The molecule has 4 nitrogen and oxygen atoms in total. The minimum atomic E-state index is -4.35. The van der Waals surface area contributed by atoms with Gasteiger partial charge in [0.05, 0.1) is 11.3 Å². The van der Waals surface area contributed by atoms with Gasteiger partial charge in [0.1, 0.15) is 5.60 Å². The second kappa shape index (κ2) is 6.62. The number of likely N-dealkylation sites (tertiary alicyclic amines) is 1. The predicted octanol–water partition coefficient (Wildman–Crippen LogP) is 4.77. The van der Waals surface area contributed by atoms with Gasteiger partial charge in [0.15, 0.2) is 0 Å². The van der Waals surface area contributed by atoms with Crippen LogP contribution in [0.4, 0.5) is 23.7 Å². The number of halogens is 4. The van der Waals surface area contributed by atoms with E-state index in [4.69, 9.17) is 4.74 Å². The molecule has 3 rings (SSSR count). The van der Waals surface area contributed by atoms with Gasteiger partial charge in [-0.05, 0) is 54.9 Å². The molecule has 1 aromatic carbocycles. The molecule has 1 amide bonds. The normalized spacial score (nSPS) is 23.3. The monoisotopic (exact) mass is 434 g/mol. The van der Waals surface area contributed by atoms with Crippen LogP contribution in [0.1, 0.15) is 26.3 Å². The molecule has 2 saturated heterocycles. The van der Waals surface area contributed by atoms with Crippen molar-refractivity contribution in [3.8, 4) is 0 Å². The van der Waals surface area contributed by atoms with E-state index < -0.39 is 17.3 Å². The number of benzene rings is 1. The summed E-state index contributed by atoms with van der Waals surface area (Å²) in [5.74, 6) is 0.605. The van der Waals surface area contributed by atoms with Gasteiger partial charge >= 0.3 is 12.3 Å². The number of rotatable bonds is 1. The SMILES string of the molecule is CC(C)(C)OC(=O)N1CC2CN(c3ccc(C(F)(F)F)cc3Br)C[C@H]2C1. The lowest BCUT2D eigenvalue weighted by Crippen LogP contribution is -2.37. The van der Waals surface area contributed by atoms with Crippen LogP contribution in [0.3, 0.4) is 0 Å². The Kier molecular flexibility index (Phi) is 4.92. The maximum absolute atomic E-state index is 12.8. The van der Waals surface area contributed by atoms with Crippen LogP contribution < -0.4 is 4.90 Å². The van der Waals surface area contributed by atoms with Gasteiger partial charge in [-0.1, -0.05) is 0 Å². The molecule has 144 valence electrons. The van der Waals surface area contributed by atoms with Gasteiger partial charge < -0.3 is 14.5 Å². The highest BCUT2D eigenvalue weighted by atomic mass is 79.9. The predicted molar refractivity (Wildman–Crippen MR) is 96.1 cm³/mol. The van der Waals surface area contributed by atoms with Gasteiger partial charge in [-0.2, -0.15) is 13.2 Å². The lowest BCUT2D eigenvalue weighted by molar-refractivity contribution is -0.137. The van der Waals surface area contributed by atoms with Crippen LogP contribution in [-0.4, -0.2) is 42.8 Å². The van der Waals surface area contributed by atoms with Crippen molar-refractivity contribution < 1.29 is 22.7 Å². The largest absolute Gasteiger partial charge is 0.444 e. The van der Waals surface area contributed by atoms with Crippen molar-refractivity contribution in [1.82, 2.24) is 4.90 Å². The third kappa shape index (κ3) is 4.10. The first kappa shape index (κ1) is 19.3. The van der Waals surface area contributed by atoms with Gasteiger partial charge in [0.25, 0.3) is 0 Å². The number of alkyl halides is 3. The summed E-state index contributed by atoms with van der Waals surface area (Å²) < 4.78 is 44.3.